The Balaban J connectivity index is 1.60. The van der Waals surface area contributed by atoms with E-state index >= 15 is 0 Å². The molecule has 1 saturated heterocycles. The quantitative estimate of drug-likeness (QED) is 0.834. The fourth-order valence-electron chi connectivity index (χ4n) is 2.49. The summed E-state index contributed by atoms with van der Waals surface area (Å²) in [7, 11) is 0. The molecule has 0 radical (unpaired) electrons. The molecular formula is C16H24N2O2. The number of aryl methyl sites for hydroxylation is 1. The van der Waals surface area contributed by atoms with Crippen molar-refractivity contribution < 1.29 is 9.53 Å². The van der Waals surface area contributed by atoms with Crippen molar-refractivity contribution in [2.45, 2.75) is 26.2 Å². The molecule has 1 unspecified atom stereocenters. The first-order valence-electron chi connectivity index (χ1n) is 7.41. The van der Waals surface area contributed by atoms with E-state index in [9.17, 15) is 4.79 Å². The monoisotopic (exact) mass is 276 g/mol. The number of rotatable bonds is 6. The Morgan fingerprint density at radius 3 is 3.15 bits per heavy atom. The van der Waals surface area contributed by atoms with Crippen molar-refractivity contribution in [2.24, 2.45) is 5.92 Å². The summed E-state index contributed by atoms with van der Waals surface area (Å²) in [4.78, 5) is 11.7. The third-order valence-corrected chi connectivity index (χ3v) is 3.63. The van der Waals surface area contributed by atoms with Crippen LogP contribution in [0.1, 0.15) is 24.8 Å². The molecule has 0 saturated carbocycles. The van der Waals surface area contributed by atoms with Crippen LogP contribution in [0.4, 0.5) is 0 Å². The van der Waals surface area contributed by atoms with Crippen LogP contribution >= 0.6 is 0 Å². The number of benzene rings is 1. The second-order valence-electron chi connectivity index (χ2n) is 5.46. The third kappa shape index (κ3) is 5.21. The molecule has 1 aliphatic heterocycles. The minimum Gasteiger partial charge on any atom is -0.484 e. The fraction of sp³-hybridized carbons (Fsp3) is 0.562. The molecule has 2 rings (SSSR count). The van der Waals surface area contributed by atoms with Gasteiger partial charge in [-0.05, 0) is 62.9 Å². The molecule has 110 valence electrons. The van der Waals surface area contributed by atoms with Crippen LogP contribution in [-0.4, -0.2) is 32.1 Å². The normalized spacial score (nSPS) is 18.6. The van der Waals surface area contributed by atoms with Crippen LogP contribution in [0.3, 0.4) is 0 Å². The van der Waals surface area contributed by atoms with Gasteiger partial charge in [-0.3, -0.25) is 4.79 Å². The predicted octanol–water partition coefficient (Wildman–Crippen LogP) is 1.88. The number of carbonyl (C=O) groups is 1. The van der Waals surface area contributed by atoms with Gasteiger partial charge in [-0.1, -0.05) is 12.1 Å². The maximum atomic E-state index is 11.7. The molecule has 1 heterocycles. The molecule has 20 heavy (non-hydrogen) atoms. The van der Waals surface area contributed by atoms with Crippen molar-refractivity contribution in [1.29, 1.82) is 0 Å². The molecule has 0 spiro atoms. The Bertz CT molecular complexity index is 428. The summed E-state index contributed by atoms with van der Waals surface area (Å²) in [6.07, 6.45) is 3.56. The lowest BCUT2D eigenvalue weighted by Gasteiger charge is -2.22. The Hall–Kier alpha value is -1.55. The maximum absolute atomic E-state index is 11.7. The first kappa shape index (κ1) is 14.9. The van der Waals surface area contributed by atoms with Crippen molar-refractivity contribution in [3.8, 4) is 5.75 Å². The molecule has 1 fully saturated rings. The Labute approximate surface area is 120 Å². The van der Waals surface area contributed by atoms with Crippen LogP contribution in [0, 0.1) is 12.8 Å². The molecule has 0 bridgehead atoms. The van der Waals surface area contributed by atoms with Gasteiger partial charge in [0.25, 0.3) is 5.91 Å². The molecule has 2 N–H and O–H groups in total. The summed E-state index contributed by atoms with van der Waals surface area (Å²) in [5.41, 5.74) is 1.13. The molecular weight excluding hydrogens is 252 g/mol. The minimum absolute atomic E-state index is 0.0460. The van der Waals surface area contributed by atoms with E-state index in [-0.39, 0.29) is 12.5 Å². The molecule has 1 aromatic carbocycles. The molecule has 1 atom stereocenters. The summed E-state index contributed by atoms with van der Waals surface area (Å²) in [5, 5.41) is 6.31. The maximum Gasteiger partial charge on any atom is 0.257 e. The van der Waals surface area contributed by atoms with Crippen LogP contribution in [0.15, 0.2) is 24.3 Å². The average molecular weight is 276 g/mol. The van der Waals surface area contributed by atoms with Crippen LogP contribution < -0.4 is 15.4 Å². The van der Waals surface area contributed by atoms with Gasteiger partial charge >= 0.3 is 0 Å². The van der Waals surface area contributed by atoms with Gasteiger partial charge in [0.1, 0.15) is 5.75 Å². The second-order valence-corrected chi connectivity index (χ2v) is 5.46. The molecule has 0 aliphatic carbocycles. The Kier molecular flexibility index (Phi) is 5.87. The number of carbonyl (C=O) groups excluding carboxylic acids is 1. The molecule has 4 heteroatoms. The fourth-order valence-corrected chi connectivity index (χ4v) is 2.49. The van der Waals surface area contributed by atoms with Gasteiger partial charge in [0.05, 0.1) is 0 Å². The summed E-state index contributed by atoms with van der Waals surface area (Å²) in [6.45, 7) is 5.04. The SMILES string of the molecule is Cc1cccc(OCC(=O)NCCC2CCCNC2)c1. The highest BCUT2D eigenvalue weighted by atomic mass is 16.5. The van der Waals surface area contributed by atoms with E-state index in [0.29, 0.717) is 5.92 Å². The van der Waals surface area contributed by atoms with Crippen molar-refractivity contribution >= 4 is 5.91 Å². The summed E-state index contributed by atoms with van der Waals surface area (Å²) in [6, 6.07) is 7.73. The number of hydrogen-bond donors (Lipinski definition) is 2. The van der Waals surface area contributed by atoms with Gasteiger partial charge in [-0.2, -0.15) is 0 Å². The van der Waals surface area contributed by atoms with Crippen molar-refractivity contribution in [1.82, 2.24) is 10.6 Å². The van der Waals surface area contributed by atoms with E-state index in [1.54, 1.807) is 0 Å². The second kappa shape index (κ2) is 7.90. The first-order valence-corrected chi connectivity index (χ1v) is 7.41. The number of nitrogens with one attached hydrogen (secondary N) is 2. The minimum atomic E-state index is -0.0460. The highest BCUT2D eigenvalue weighted by Gasteiger charge is 2.12. The van der Waals surface area contributed by atoms with Gasteiger partial charge < -0.3 is 15.4 Å². The van der Waals surface area contributed by atoms with E-state index in [2.05, 4.69) is 10.6 Å². The summed E-state index contributed by atoms with van der Waals surface area (Å²) in [5.74, 6) is 1.40. The van der Waals surface area contributed by atoms with Crippen molar-refractivity contribution in [3.63, 3.8) is 0 Å². The van der Waals surface area contributed by atoms with E-state index in [0.717, 1.165) is 37.4 Å². The Morgan fingerprint density at radius 2 is 2.40 bits per heavy atom. The topological polar surface area (TPSA) is 50.4 Å². The van der Waals surface area contributed by atoms with Gasteiger partial charge in [0.15, 0.2) is 6.61 Å². The van der Waals surface area contributed by atoms with E-state index in [1.165, 1.54) is 12.8 Å². The Morgan fingerprint density at radius 1 is 1.50 bits per heavy atom. The predicted molar refractivity (Wildman–Crippen MR) is 79.9 cm³/mol. The summed E-state index contributed by atoms with van der Waals surface area (Å²) >= 11 is 0. The first-order chi connectivity index (χ1) is 9.74. The number of hydrogen-bond acceptors (Lipinski definition) is 3. The number of ether oxygens (including phenoxy) is 1. The standard InChI is InChI=1S/C16H24N2O2/c1-13-4-2-6-15(10-13)20-12-16(19)18-9-7-14-5-3-8-17-11-14/h2,4,6,10,14,17H,3,5,7-9,11-12H2,1H3,(H,18,19). The largest absolute Gasteiger partial charge is 0.484 e. The zero-order valence-electron chi connectivity index (χ0n) is 12.2. The van der Waals surface area contributed by atoms with Crippen LogP contribution in [0.2, 0.25) is 0 Å². The summed E-state index contributed by atoms with van der Waals surface area (Å²) < 4.78 is 5.47. The number of piperidine rings is 1. The van der Waals surface area contributed by atoms with Gasteiger partial charge in [0.2, 0.25) is 0 Å². The highest BCUT2D eigenvalue weighted by molar-refractivity contribution is 5.77. The lowest BCUT2D eigenvalue weighted by molar-refractivity contribution is -0.123. The van der Waals surface area contributed by atoms with E-state index in [1.807, 2.05) is 31.2 Å². The van der Waals surface area contributed by atoms with Crippen molar-refractivity contribution in [3.05, 3.63) is 29.8 Å². The zero-order valence-corrected chi connectivity index (χ0v) is 12.2. The van der Waals surface area contributed by atoms with Gasteiger partial charge in [-0.25, -0.2) is 0 Å². The lowest BCUT2D eigenvalue weighted by atomic mass is 9.96. The molecule has 0 aromatic heterocycles. The van der Waals surface area contributed by atoms with Crippen LogP contribution in [0.25, 0.3) is 0 Å². The number of amides is 1. The van der Waals surface area contributed by atoms with Crippen LogP contribution in [0.5, 0.6) is 5.75 Å². The third-order valence-electron chi connectivity index (χ3n) is 3.63. The van der Waals surface area contributed by atoms with Crippen LogP contribution in [-0.2, 0) is 4.79 Å². The van der Waals surface area contributed by atoms with Gasteiger partial charge in [-0.15, -0.1) is 0 Å². The highest BCUT2D eigenvalue weighted by Crippen LogP contribution is 2.13. The lowest BCUT2D eigenvalue weighted by Crippen LogP contribution is -2.34. The molecule has 1 aliphatic rings. The zero-order chi connectivity index (χ0) is 14.2. The van der Waals surface area contributed by atoms with Crippen molar-refractivity contribution in [2.75, 3.05) is 26.2 Å². The van der Waals surface area contributed by atoms with E-state index < -0.39 is 0 Å². The molecule has 1 aromatic rings. The van der Waals surface area contributed by atoms with E-state index in [4.69, 9.17) is 4.74 Å². The average Bonchev–Trinajstić information content (AvgIpc) is 2.46. The molecule has 1 amide bonds. The molecule has 4 nitrogen and oxygen atoms in total. The van der Waals surface area contributed by atoms with Gasteiger partial charge in [0, 0.05) is 6.54 Å². The smallest absolute Gasteiger partial charge is 0.257 e.